The molecule has 2 rings (SSSR count). The molecular formula is C12H12ClN3O. The normalized spacial score (nSPS) is 10.3. The molecule has 1 amide bonds. The van der Waals surface area contributed by atoms with E-state index in [2.05, 4.69) is 10.4 Å². The number of halogens is 1. The van der Waals surface area contributed by atoms with Gasteiger partial charge < -0.3 is 5.32 Å². The van der Waals surface area contributed by atoms with E-state index in [9.17, 15) is 4.79 Å². The molecule has 1 heterocycles. The zero-order valence-corrected chi connectivity index (χ0v) is 10.3. The van der Waals surface area contributed by atoms with E-state index >= 15 is 0 Å². The quantitative estimate of drug-likeness (QED) is 0.889. The van der Waals surface area contributed by atoms with Gasteiger partial charge in [-0.25, -0.2) is 0 Å². The lowest BCUT2D eigenvalue weighted by atomic mass is 10.2. The molecule has 4 nitrogen and oxygen atoms in total. The standard InChI is InChI=1S/C12H12ClN3O/c1-8-7-11(16(2)15-8)14-12(17)9-3-5-10(13)6-4-9/h3-7H,1-2H3,(H,14,17). The number of nitrogens with one attached hydrogen (secondary N) is 1. The van der Waals surface area contributed by atoms with E-state index in [0.717, 1.165) is 5.69 Å². The van der Waals surface area contributed by atoms with Gasteiger partial charge in [0.15, 0.2) is 0 Å². The summed E-state index contributed by atoms with van der Waals surface area (Å²) < 4.78 is 1.63. The second-order valence-corrected chi connectivity index (χ2v) is 4.19. The minimum absolute atomic E-state index is 0.176. The van der Waals surface area contributed by atoms with Crippen molar-refractivity contribution in [3.63, 3.8) is 0 Å². The van der Waals surface area contributed by atoms with Crippen molar-refractivity contribution in [2.24, 2.45) is 7.05 Å². The molecule has 5 heteroatoms. The van der Waals surface area contributed by atoms with Crippen LogP contribution in [0.5, 0.6) is 0 Å². The lowest BCUT2D eigenvalue weighted by Crippen LogP contribution is -2.14. The van der Waals surface area contributed by atoms with Crippen molar-refractivity contribution >= 4 is 23.3 Å². The fourth-order valence-corrected chi connectivity index (χ4v) is 1.64. The lowest BCUT2D eigenvalue weighted by Gasteiger charge is -2.04. The van der Waals surface area contributed by atoms with Crippen molar-refractivity contribution in [3.05, 3.63) is 46.6 Å². The summed E-state index contributed by atoms with van der Waals surface area (Å²) >= 11 is 5.76. The number of nitrogens with zero attached hydrogens (tertiary/aromatic N) is 2. The molecule has 0 saturated carbocycles. The molecule has 2 aromatic rings. The fourth-order valence-electron chi connectivity index (χ4n) is 1.52. The first kappa shape index (κ1) is 11.7. The molecule has 1 aromatic heterocycles. The minimum Gasteiger partial charge on any atom is -0.307 e. The van der Waals surface area contributed by atoms with E-state index < -0.39 is 0 Å². The van der Waals surface area contributed by atoms with Gasteiger partial charge in [0.25, 0.3) is 5.91 Å². The molecule has 0 aliphatic heterocycles. The molecule has 0 bridgehead atoms. The first-order valence-electron chi connectivity index (χ1n) is 5.14. The molecule has 1 N–H and O–H groups in total. The maximum atomic E-state index is 11.9. The molecule has 0 spiro atoms. The zero-order valence-electron chi connectivity index (χ0n) is 9.57. The number of carbonyl (C=O) groups is 1. The van der Waals surface area contributed by atoms with Crippen LogP contribution in [-0.2, 0) is 7.05 Å². The van der Waals surface area contributed by atoms with Crippen molar-refractivity contribution in [1.82, 2.24) is 9.78 Å². The van der Waals surface area contributed by atoms with Crippen LogP contribution < -0.4 is 5.32 Å². The van der Waals surface area contributed by atoms with Crippen LogP contribution >= 0.6 is 11.6 Å². The highest BCUT2D eigenvalue weighted by Crippen LogP contribution is 2.13. The summed E-state index contributed by atoms with van der Waals surface area (Å²) in [5.74, 6) is 0.493. The van der Waals surface area contributed by atoms with Gasteiger partial charge in [-0.3, -0.25) is 9.48 Å². The monoisotopic (exact) mass is 249 g/mol. The first-order valence-corrected chi connectivity index (χ1v) is 5.51. The Kier molecular flexibility index (Phi) is 3.15. The summed E-state index contributed by atoms with van der Waals surface area (Å²) in [5.41, 5.74) is 1.42. The SMILES string of the molecule is Cc1cc(NC(=O)c2ccc(Cl)cc2)n(C)n1. The fraction of sp³-hybridized carbons (Fsp3) is 0.167. The number of amides is 1. The minimum atomic E-state index is -0.176. The molecule has 0 atom stereocenters. The van der Waals surface area contributed by atoms with Crippen LogP contribution in [0.15, 0.2) is 30.3 Å². The van der Waals surface area contributed by atoms with Crippen molar-refractivity contribution < 1.29 is 4.79 Å². The molecule has 0 fully saturated rings. The smallest absolute Gasteiger partial charge is 0.256 e. The summed E-state index contributed by atoms with van der Waals surface area (Å²) in [6.07, 6.45) is 0. The molecular weight excluding hydrogens is 238 g/mol. The summed E-state index contributed by atoms with van der Waals surface area (Å²) in [7, 11) is 1.78. The summed E-state index contributed by atoms with van der Waals surface area (Å²) in [6.45, 7) is 1.87. The highest BCUT2D eigenvalue weighted by molar-refractivity contribution is 6.30. The van der Waals surface area contributed by atoms with Gasteiger partial charge in [-0.15, -0.1) is 0 Å². The maximum absolute atomic E-state index is 11.9. The third-order valence-electron chi connectivity index (χ3n) is 2.35. The number of anilines is 1. The zero-order chi connectivity index (χ0) is 12.4. The van der Waals surface area contributed by atoms with E-state index in [1.54, 1.807) is 36.0 Å². The summed E-state index contributed by atoms with van der Waals surface area (Å²) in [5, 5.41) is 7.55. The number of benzene rings is 1. The molecule has 88 valence electrons. The van der Waals surface area contributed by atoms with Gasteiger partial charge in [0.2, 0.25) is 0 Å². The molecule has 0 aliphatic carbocycles. The molecule has 0 aliphatic rings. The molecule has 0 saturated heterocycles. The van der Waals surface area contributed by atoms with Crippen LogP contribution in [0.2, 0.25) is 5.02 Å². The van der Waals surface area contributed by atoms with Crippen molar-refractivity contribution in [2.45, 2.75) is 6.92 Å². The maximum Gasteiger partial charge on any atom is 0.256 e. The third kappa shape index (κ3) is 2.65. The van der Waals surface area contributed by atoms with Crippen LogP contribution in [0.4, 0.5) is 5.82 Å². The average molecular weight is 250 g/mol. The van der Waals surface area contributed by atoms with Crippen LogP contribution in [0.1, 0.15) is 16.1 Å². The highest BCUT2D eigenvalue weighted by Gasteiger charge is 2.08. The second-order valence-electron chi connectivity index (χ2n) is 3.76. The van der Waals surface area contributed by atoms with E-state index in [4.69, 9.17) is 11.6 Å². The van der Waals surface area contributed by atoms with Gasteiger partial charge in [0, 0.05) is 23.7 Å². The number of aromatic nitrogens is 2. The average Bonchev–Trinajstić information content (AvgIpc) is 2.58. The Labute approximate surface area is 104 Å². The number of hydrogen-bond acceptors (Lipinski definition) is 2. The largest absolute Gasteiger partial charge is 0.307 e. The Morgan fingerprint density at radius 3 is 2.53 bits per heavy atom. The van der Waals surface area contributed by atoms with Crippen molar-refractivity contribution in [1.29, 1.82) is 0 Å². The molecule has 1 aromatic carbocycles. The first-order chi connectivity index (χ1) is 8.06. The highest BCUT2D eigenvalue weighted by atomic mass is 35.5. The van der Waals surface area contributed by atoms with Gasteiger partial charge in [0.1, 0.15) is 5.82 Å². The van der Waals surface area contributed by atoms with Crippen LogP contribution in [-0.4, -0.2) is 15.7 Å². The van der Waals surface area contributed by atoms with Crippen LogP contribution in [0.25, 0.3) is 0 Å². The Balaban J connectivity index is 2.17. The second kappa shape index (κ2) is 4.59. The third-order valence-corrected chi connectivity index (χ3v) is 2.60. The predicted octanol–water partition coefficient (Wildman–Crippen LogP) is 2.63. The number of hydrogen-bond donors (Lipinski definition) is 1. The van der Waals surface area contributed by atoms with Gasteiger partial charge in [-0.1, -0.05) is 11.6 Å². The number of rotatable bonds is 2. The van der Waals surface area contributed by atoms with Gasteiger partial charge >= 0.3 is 0 Å². The Morgan fingerprint density at radius 2 is 2.00 bits per heavy atom. The van der Waals surface area contributed by atoms with E-state index in [1.165, 1.54) is 0 Å². The molecule has 0 unspecified atom stereocenters. The number of aryl methyl sites for hydroxylation is 2. The van der Waals surface area contributed by atoms with Crippen molar-refractivity contribution in [3.8, 4) is 0 Å². The summed E-state index contributed by atoms with van der Waals surface area (Å²) in [4.78, 5) is 11.9. The van der Waals surface area contributed by atoms with Crippen molar-refractivity contribution in [2.75, 3.05) is 5.32 Å². The lowest BCUT2D eigenvalue weighted by molar-refractivity contribution is 0.102. The molecule has 0 radical (unpaired) electrons. The van der Waals surface area contributed by atoms with Crippen LogP contribution in [0.3, 0.4) is 0 Å². The Hall–Kier alpha value is -1.81. The Bertz CT molecular complexity index is 545. The van der Waals surface area contributed by atoms with Gasteiger partial charge in [-0.05, 0) is 31.2 Å². The van der Waals surface area contributed by atoms with Gasteiger partial charge in [-0.2, -0.15) is 5.10 Å². The Morgan fingerprint density at radius 1 is 1.35 bits per heavy atom. The van der Waals surface area contributed by atoms with E-state index in [1.807, 2.05) is 13.0 Å². The predicted molar refractivity (Wildman–Crippen MR) is 67.4 cm³/mol. The summed E-state index contributed by atoms with van der Waals surface area (Å²) in [6, 6.07) is 8.55. The number of carbonyl (C=O) groups excluding carboxylic acids is 1. The van der Waals surface area contributed by atoms with Crippen LogP contribution in [0, 0.1) is 6.92 Å². The molecule has 17 heavy (non-hydrogen) atoms. The van der Waals surface area contributed by atoms with E-state index in [0.29, 0.717) is 16.4 Å². The van der Waals surface area contributed by atoms with Gasteiger partial charge in [0.05, 0.1) is 5.69 Å². The van der Waals surface area contributed by atoms with E-state index in [-0.39, 0.29) is 5.91 Å². The topological polar surface area (TPSA) is 46.9 Å².